The first kappa shape index (κ1) is 15.4. The molecule has 1 atom stereocenters. The molecule has 0 aromatic heterocycles. The Bertz CT molecular complexity index is 451. The van der Waals surface area contributed by atoms with Crippen molar-refractivity contribution >= 4 is 31.4 Å². The van der Waals surface area contributed by atoms with E-state index in [9.17, 15) is 9.18 Å². The van der Waals surface area contributed by atoms with Gasteiger partial charge in [0.2, 0.25) is 0 Å². The average molecular weight is 337 g/mol. The minimum absolute atomic E-state index is 0.118. The Hall–Kier alpha value is -0.670. The highest BCUT2D eigenvalue weighted by Gasteiger charge is 2.22. The van der Waals surface area contributed by atoms with Crippen LogP contribution in [0.4, 0.5) is 4.39 Å². The van der Waals surface area contributed by atoms with Gasteiger partial charge in [-0.1, -0.05) is 13.3 Å². The second kappa shape index (κ2) is 7.05. The molecule has 1 aromatic rings. The molecule has 0 bridgehead atoms. The lowest BCUT2D eigenvalue weighted by atomic mass is 10.1. The molecule has 0 saturated carbocycles. The van der Waals surface area contributed by atoms with E-state index in [1.165, 1.54) is 13.0 Å². The number of hydrogen-bond acceptors (Lipinski definition) is 3. The Morgan fingerprint density at radius 2 is 2.22 bits per heavy atom. The zero-order valence-corrected chi connectivity index (χ0v) is 13.0. The molecule has 0 saturated heterocycles. The first-order chi connectivity index (χ1) is 8.52. The molecule has 18 heavy (non-hydrogen) atoms. The van der Waals surface area contributed by atoms with E-state index in [2.05, 4.69) is 20.5 Å². The molecule has 1 unspecified atom stereocenters. The second-order valence-corrected chi connectivity index (χ2v) is 4.87. The van der Waals surface area contributed by atoms with E-state index >= 15 is 0 Å². The van der Waals surface area contributed by atoms with Crippen molar-refractivity contribution < 1.29 is 18.4 Å². The molecule has 0 N–H and O–H groups in total. The molecule has 0 radical (unpaired) electrons. The fraction of sp³-hybridized carbons (Fsp3) is 0.417. The first-order valence-electron chi connectivity index (χ1n) is 5.55. The Kier molecular flexibility index (Phi) is 6.03. The van der Waals surface area contributed by atoms with Crippen molar-refractivity contribution in [3.8, 4) is 5.75 Å². The van der Waals surface area contributed by atoms with E-state index in [1.807, 2.05) is 16.4 Å². The molecule has 0 aliphatic carbocycles. The number of hydrogen-bond donors (Lipinski definition) is 0. The fourth-order valence-electron chi connectivity index (χ4n) is 1.46. The monoisotopic (exact) mass is 336 g/mol. The van der Waals surface area contributed by atoms with Crippen LogP contribution in [-0.2, 0) is 4.52 Å². The van der Waals surface area contributed by atoms with Crippen molar-refractivity contribution in [1.82, 2.24) is 0 Å². The number of benzene rings is 1. The molecule has 0 aliphatic heterocycles. The van der Waals surface area contributed by atoms with Crippen molar-refractivity contribution in [3.05, 3.63) is 27.5 Å². The van der Waals surface area contributed by atoms with Crippen molar-refractivity contribution in [2.45, 2.75) is 26.7 Å². The predicted molar refractivity (Wildman–Crippen MR) is 74.4 cm³/mol. The highest BCUT2D eigenvalue weighted by Crippen LogP contribution is 2.34. The van der Waals surface area contributed by atoms with Gasteiger partial charge in [0.15, 0.2) is 0 Å². The van der Waals surface area contributed by atoms with Crippen molar-refractivity contribution in [2.75, 3.05) is 6.61 Å². The summed E-state index contributed by atoms with van der Waals surface area (Å²) in [6.07, 6.45) is 1.83. The zero-order valence-electron chi connectivity index (χ0n) is 10.3. The van der Waals surface area contributed by atoms with Gasteiger partial charge in [-0.25, -0.2) is 9.18 Å². The summed E-state index contributed by atoms with van der Waals surface area (Å²) < 4.78 is 24.1. The second-order valence-electron chi connectivity index (χ2n) is 3.78. The van der Waals surface area contributed by atoms with E-state index in [4.69, 9.17) is 4.74 Å². The van der Waals surface area contributed by atoms with Gasteiger partial charge >= 0.3 is 5.97 Å². The molecule has 0 heterocycles. The smallest absolute Gasteiger partial charge is 0.344 e. The molecule has 0 spiro atoms. The van der Waals surface area contributed by atoms with Crippen LogP contribution in [0.1, 0.15) is 35.7 Å². The van der Waals surface area contributed by atoms with Gasteiger partial charge in [0.1, 0.15) is 17.1 Å². The number of halogens is 2. The maximum absolute atomic E-state index is 13.6. The van der Waals surface area contributed by atoms with E-state index in [0.717, 1.165) is 12.8 Å². The Morgan fingerprint density at radius 1 is 1.56 bits per heavy atom. The lowest BCUT2D eigenvalue weighted by molar-refractivity contribution is 0.0759. The predicted octanol–water partition coefficient (Wildman–Crippen LogP) is 4.02. The summed E-state index contributed by atoms with van der Waals surface area (Å²) in [6.45, 7) is 4.02. The van der Waals surface area contributed by atoms with Crippen LogP contribution < -0.4 is 4.74 Å². The Balaban J connectivity index is 3.20. The first-order valence-corrected chi connectivity index (χ1v) is 6.81. The number of carbonyl (C=O) groups is 1. The van der Waals surface area contributed by atoms with Gasteiger partial charge in [0.25, 0.3) is 0 Å². The van der Waals surface area contributed by atoms with E-state index in [0.29, 0.717) is 16.8 Å². The summed E-state index contributed by atoms with van der Waals surface area (Å²) in [7, 11) is 1.86. The van der Waals surface area contributed by atoms with Gasteiger partial charge in [-0.2, -0.15) is 0 Å². The van der Waals surface area contributed by atoms with Crippen LogP contribution in [0.5, 0.6) is 5.75 Å². The standard InChI is InChI=1S/C12H15BrFO3P/c1-3-4-5-16-11-8(13)6-9(14)7(2)10(11)12(15)17-18/h6H,3-5,18H2,1-2H3. The van der Waals surface area contributed by atoms with Gasteiger partial charge in [-0.15, -0.1) is 0 Å². The zero-order chi connectivity index (χ0) is 13.7. The normalized spacial score (nSPS) is 10.3. The minimum atomic E-state index is -0.635. The molecular weight excluding hydrogens is 322 g/mol. The fourth-order valence-corrected chi connectivity index (χ4v) is 2.09. The quantitative estimate of drug-likeness (QED) is 0.601. The van der Waals surface area contributed by atoms with Gasteiger partial charge in [-0.05, 0) is 35.3 Å². The van der Waals surface area contributed by atoms with Crippen LogP contribution in [-0.4, -0.2) is 12.6 Å². The summed E-state index contributed by atoms with van der Waals surface area (Å²) in [5.41, 5.74) is 0.338. The van der Waals surface area contributed by atoms with Gasteiger partial charge in [-0.3, -0.25) is 0 Å². The van der Waals surface area contributed by atoms with Crippen LogP contribution in [0, 0.1) is 12.7 Å². The highest BCUT2D eigenvalue weighted by atomic mass is 79.9. The number of unbranched alkanes of at least 4 members (excludes halogenated alkanes) is 1. The molecule has 0 aliphatic rings. The largest absolute Gasteiger partial charge is 0.491 e. The van der Waals surface area contributed by atoms with Crippen LogP contribution in [0.25, 0.3) is 0 Å². The summed E-state index contributed by atoms with van der Waals surface area (Å²) in [5, 5.41) is 0. The third-order valence-corrected chi connectivity index (χ3v) is 3.29. The van der Waals surface area contributed by atoms with Crippen LogP contribution in [0.15, 0.2) is 10.5 Å². The lowest BCUT2D eigenvalue weighted by Gasteiger charge is -2.14. The molecule has 6 heteroatoms. The van der Waals surface area contributed by atoms with Gasteiger partial charge in [0.05, 0.1) is 20.5 Å². The van der Waals surface area contributed by atoms with Crippen molar-refractivity contribution in [2.24, 2.45) is 0 Å². The number of carbonyl (C=O) groups excluding carboxylic acids is 1. The number of ether oxygens (including phenoxy) is 1. The SMILES string of the molecule is CCCCOc1c(Br)cc(F)c(C)c1C(=O)OP. The van der Waals surface area contributed by atoms with E-state index < -0.39 is 11.8 Å². The van der Waals surface area contributed by atoms with E-state index in [-0.39, 0.29) is 11.1 Å². The molecule has 3 nitrogen and oxygen atoms in total. The summed E-state index contributed by atoms with van der Waals surface area (Å²) in [5.74, 6) is -0.783. The van der Waals surface area contributed by atoms with E-state index in [1.54, 1.807) is 0 Å². The molecule has 100 valence electrons. The maximum Gasteiger partial charge on any atom is 0.344 e. The van der Waals surface area contributed by atoms with Crippen LogP contribution >= 0.6 is 25.4 Å². The molecule has 1 aromatic carbocycles. The molecule has 1 rings (SSSR count). The van der Waals surface area contributed by atoms with Gasteiger partial charge < -0.3 is 9.26 Å². The van der Waals surface area contributed by atoms with Crippen LogP contribution in [0.2, 0.25) is 0 Å². The average Bonchev–Trinajstić information content (AvgIpc) is 2.35. The highest BCUT2D eigenvalue weighted by molar-refractivity contribution is 9.10. The Labute approximate surface area is 116 Å². The third kappa shape index (κ3) is 3.42. The summed E-state index contributed by atoms with van der Waals surface area (Å²) in [4.78, 5) is 11.7. The maximum atomic E-state index is 13.6. The summed E-state index contributed by atoms with van der Waals surface area (Å²) >= 11 is 3.20. The lowest BCUT2D eigenvalue weighted by Crippen LogP contribution is -2.09. The van der Waals surface area contributed by atoms with Crippen molar-refractivity contribution in [1.29, 1.82) is 0 Å². The minimum Gasteiger partial charge on any atom is -0.491 e. The Morgan fingerprint density at radius 3 is 2.78 bits per heavy atom. The molecule has 0 fully saturated rings. The molecule has 0 amide bonds. The van der Waals surface area contributed by atoms with Gasteiger partial charge in [0, 0.05) is 5.56 Å². The third-order valence-electron chi connectivity index (χ3n) is 2.49. The van der Waals surface area contributed by atoms with Crippen LogP contribution in [0.3, 0.4) is 0 Å². The van der Waals surface area contributed by atoms with Crippen molar-refractivity contribution in [3.63, 3.8) is 0 Å². The summed E-state index contributed by atoms with van der Waals surface area (Å²) in [6, 6.07) is 1.29. The topological polar surface area (TPSA) is 35.5 Å². The molecular formula is C12H15BrFO3P. The number of rotatable bonds is 5.